The van der Waals surface area contributed by atoms with Gasteiger partial charge in [-0.15, -0.1) is 0 Å². The van der Waals surface area contributed by atoms with Gasteiger partial charge in [-0.25, -0.2) is 0 Å². The number of nitrogens with one attached hydrogen (secondary N) is 1. The molecule has 2 heterocycles. The van der Waals surface area contributed by atoms with Gasteiger partial charge in [-0.3, -0.25) is 14.4 Å². The fraction of sp³-hybridized carbons (Fsp3) is 0.625. The Kier molecular flexibility index (Phi) is 6.70. The molecule has 0 aromatic heterocycles. The fourth-order valence-corrected chi connectivity index (χ4v) is 5.32. The van der Waals surface area contributed by atoms with Crippen LogP contribution in [0.15, 0.2) is 24.3 Å². The van der Waals surface area contributed by atoms with Crippen molar-refractivity contribution in [3.63, 3.8) is 0 Å². The number of carbonyl (C=O) groups is 3. The number of hydrogen-bond donors (Lipinski definition) is 1. The van der Waals surface area contributed by atoms with Gasteiger partial charge in [0.15, 0.2) is 0 Å². The van der Waals surface area contributed by atoms with Gasteiger partial charge in [0.25, 0.3) is 11.8 Å². The number of piperidine rings is 1. The van der Waals surface area contributed by atoms with Crippen molar-refractivity contribution in [3.05, 3.63) is 35.4 Å². The first-order valence-electron chi connectivity index (χ1n) is 11.6. The van der Waals surface area contributed by atoms with Gasteiger partial charge in [0.05, 0.1) is 0 Å². The van der Waals surface area contributed by atoms with E-state index in [1.165, 1.54) is 25.7 Å². The van der Waals surface area contributed by atoms with E-state index in [0.29, 0.717) is 42.6 Å². The summed E-state index contributed by atoms with van der Waals surface area (Å²) in [6, 6.07) is 7.45. The van der Waals surface area contributed by atoms with Crippen LogP contribution in [-0.4, -0.2) is 59.7 Å². The summed E-state index contributed by atoms with van der Waals surface area (Å²) in [5.74, 6) is 0.855. The Balaban J connectivity index is 1.28. The number of nitrogens with zero attached hydrogens (tertiary/aromatic N) is 2. The molecule has 2 saturated heterocycles. The Morgan fingerprint density at radius 2 is 1.67 bits per heavy atom. The number of hydrogen-bond acceptors (Lipinski definition) is 3. The number of likely N-dealkylation sites (tertiary alicyclic amines) is 2. The van der Waals surface area contributed by atoms with Gasteiger partial charge in [0.1, 0.15) is 0 Å². The molecule has 1 N–H and O–H groups in total. The average Bonchev–Trinajstić information content (AvgIpc) is 3.20. The number of benzene rings is 1. The van der Waals surface area contributed by atoms with Gasteiger partial charge < -0.3 is 15.1 Å². The van der Waals surface area contributed by atoms with Crippen LogP contribution >= 0.6 is 0 Å². The number of amides is 3. The lowest BCUT2D eigenvalue weighted by atomic mass is 9.78. The van der Waals surface area contributed by atoms with Gasteiger partial charge in [-0.05, 0) is 68.7 Å². The molecule has 2 atom stereocenters. The van der Waals surface area contributed by atoms with Crippen molar-refractivity contribution in [2.24, 2.45) is 5.92 Å². The lowest BCUT2D eigenvalue weighted by Gasteiger charge is -2.44. The van der Waals surface area contributed by atoms with Crippen molar-refractivity contribution in [1.82, 2.24) is 15.1 Å². The molecule has 162 valence electrons. The molecule has 3 fully saturated rings. The van der Waals surface area contributed by atoms with Crippen LogP contribution in [0, 0.1) is 5.92 Å². The van der Waals surface area contributed by atoms with E-state index in [-0.39, 0.29) is 17.7 Å². The molecule has 1 aromatic rings. The topological polar surface area (TPSA) is 69.7 Å². The fourth-order valence-electron chi connectivity index (χ4n) is 5.32. The molecule has 0 spiro atoms. The highest BCUT2D eigenvalue weighted by Gasteiger charge is 2.35. The molecular formula is C24H33N3O3. The largest absolute Gasteiger partial charge is 0.352 e. The second-order valence-corrected chi connectivity index (χ2v) is 8.92. The van der Waals surface area contributed by atoms with Gasteiger partial charge in [0.2, 0.25) is 5.91 Å². The Morgan fingerprint density at radius 1 is 0.933 bits per heavy atom. The van der Waals surface area contributed by atoms with E-state index in [1.54, 1.807) is 24.3 Å². The van der Waals surface area contributed by atoms with E-state index in [1.807, 2.05) is 4.90 Å². The van der Waals surface area contributed by atoms with Crippen LogP contribution < -0.4 is 5.32 Å². The minimum Gasteiger partial charge on any atom is -0.352 e. The van der Waals surface area contributed by atoms with E-state index in [0.717, 1.165) is 38.8 Å². The Labute approximate surface area is 179 Å². The molecule has 2 aliphatic heterocycles. The van der Waals surface area contributed by atoms with E-state index in [2.05, 4.69) is 10.2 Å². The maximum atomic E-state index is 13.1. The first-order valence-corrected chi connectivity index (χ1v) is 11.6. The van der Waals surface area contributed by atoms with E-state index < -0.39 is 0 Å². The summed E-state index contributed by atoms with van der Waals surface area (Å²) < 4.78 is 0. The van der Waals surface area contributed by atoms with Crippen LogP contribution in [0.5, 0.6) is 0 Å². The van der Waals surface area contributed by atoms with Crippen molar-refractivity contribution < 1.29 is 14.4 Å². The van der Waals surface area contributed by atoms with Crippen LogP contribution in [0.4, 0.5) is 0 Å². The highest BCUT2D eigenvalue weighted by molar-refractivity contribution is 5.98. The zero-order valence-electron chi connectivity index (χ0n) is 17.8. The molecule has 1 aromatic carbocycles. The molecule has 30 heavy (non-hydrogen) atoms. The summed E-state index contributed by atoms with van der Waals surface area (Å²) in [7, 11) is 0. The maximum Gasteiger partial charge on any atom is 0.254 e. The summed E-state index contributed by atoms with van der Waals surface area (Å²) in [5, 5.41) is 2.91. The van der Waals surface area contributed by atoms with Crippen LogP contribution in [0.3, 0.4) is 0 Å². The Hall–Kier alpha value is -2.37. The quantitative estimate of drug-likeness (QED) is 0.731. The second-order valence-electron chi connectivity index (χ2n) is 8.92. The molecule has 0 radical (unpaired) electrons. The normalized spacial score (nSPS) is 23.9. The van der Waals surface area contributed by atoms with Crippen LogP contribution in [0.2, 0.25) is 0 Å². The zero-order chi connectivity index (χ0) is 20.9. The molecule has 3 aliphatic rings. The molecule has 1 saturated carbocycles. The monoisotopic (exact) mass is 411 g/mol. The van der Waals surface area contributed by atoms with Crippen LogP contribution in [-0.2, 0) is 4.79 Å². The predicted molar refractivity (Wildman–Crippen MR) is 115 cm³/mol. The first kappa shape index (κ1) is 20.9. The Morgan fingerprint density at radius 3 is 2.43 bits per heavy atom. The lowest BCUT2D eigenvalue weighted by molar-refractivity contribution is -0.127. The molecule has 3 amide bonds. The third-order valence-electron chi connectivity index (χ3n) is 6.96. The van der Waals surface area contributed by atoms with Gasteiger partial charge in [-0.1, -0.05) is 12.8 Å². The maximum absolute atomic E-state index is 13.1. The molecule has 4 rings (SSSR count). The minimum absolute atomic E-state index is 0.105. The molecule has 0 unspecified atom stereocenters. The van der Waals surface area contributed by atoms with Crippen molar-refractivity contribution >= 4 is 17.7 Å². The van der Waals surface area contributed by atoms with E-state index in [4.69, 9.17) is 0 Å². The minimum atomic E-state index is -0.132. The standard InChI is InChI=1S/C24H33N3O3/c28-22-9-4-15-26(22)16-5-14-25-23(29)19-10-12-20(13-11-19)24(30)27-17-3-7-18-6-1-2-8-21(18)27/h10-13,18,21H,1-9,14-17H2,(H,25,29)/t18-,21-/m0/s1. The first-order chi connectivity index (χ1) is 14.6. The summed E-state index contributed by atoms with van der Waals surface area (Å²) in [4.78, 5) is 41.0. The van der Waals surface area contributed by atoms with E-state index >= 15 is 0 Å². The molecule has 1 aliphatic carbocycles. The summed E-state index contributed by atoms with van der Waals surface area (Å²) >= 11 is 0. The van der Waals surface area contributed by atoms with Gasteiger partial charge >= 0.3 is 0 Å². The highest BCUT2D eigenvalue weighted by Crippen LogP contribution is 2.35. The number of rotatable bonds is 6. The van der Waals surface area contributed by atoms with Crippen molar-refractivity contribution in [2.75, 3.05) is 26.2 Å². The van der Waals surface area contributed by atoms with Gasteiger partial charge in [-0.2, -0.15) is 0 Å². The summed E-state index contributed by atoms with van der Waals surface area (Å²) in [5.41, 5.74) is 1.24. The molecule has 0 bridgehead atoms. The molecule has 6 nitrogen and oxygen atoms in total. The molecule has 6 heteroatoms. The average molecular weight is 412 g/mol. The summed E-state index contributed by atoms with van der Waals surface area (Å²) in [6.45, 7) is 2.92. The SMILES string of the molecule is O=C(NCCCN1CCCC1=O)c1ccc(C(=O)N2CCC[C@@H]3CCCC[C@@H]32)cc1. The van der Waals surface area contributed by atoms with Crippen molar-refractivity contribution in [2.45, 2.75) is 63.8 Å². The number of fused-ring (bicyclic) bond motifs is 1. The number of carbonyl (C=O) groups excluding carboxylic acids is 3. The lowest BCUT2D eigenvalue weighted by Crippen LogP contribution is -2.49. The van der Waals surface area contributed by atoms with Crippen molar-refractivity contribution in [1.29, 1.82) is 0 Å². The molecular weight excluding hydrogens is 378 g/mol. The highest BCUT2D eigenvalue weighted by atomic mass is 16.2. The van der Waals surface area contributed by atoms with E-state index in [9.17, 15) is 14.4 Å². The van der Waals surface area contributed by atoms with Crippen LogP contribution in [0.1, 0.15) is 78.5 Å². The van der Waals surface area contributed by atoms with Gasteiger partial charge in [0, 0.05) is 49.8 Å². The van der Waals surface area contributed by atoms with Crippen LogP contribution in [0.25, 0.3) is 0 Å². The third kappa shape index (κ3) is 4.68. The summed E-state index contributed by atoms with van der Waals surface area (Å²) in [6.07, 6.45) is 9.57. The zero-order valence-corrected chi connectivity index (χ0v) is 17.8. The Bertz CT molecular complexity index is 774. The second kappa shape index (κ2) is 9.63. The smallest absolute Gasteiger partial charge is 0.254 e. The predicted octanol–water partition coefficient (Wildman–Crippen LogP) is 3.22. The van der Waals surface area contributed by atoms with Crippen molar-refractivity contribution in [3.8, 4) is 0 Å². The third-order valence-corrected chi connectivity index (χ3v) is 6.96.